The van der Waals surface area contributed by atoms with Crippen LogP contribution in [0.4, 0.5) is 0 Å². The van der Waals surface area contributed by atoms with E-state index in [0.29, 0.717) is 6.04 Å². The van der Waals surface area contributed by atoms with Gasteiger partial charge in [0.2, 0.25) is 0 Å². The third-order valence-electron chi connectivity index (χ3n) is 4.20. The Hall–Kier alpha value is -0.830. The molecule has 0 spiro atoms. The Kier molecular flexibility index (Phi) is 5.90. The van der Waals surface area contributed by atoms with Gasteiger partial charge in [-0.15, -0.1) is 0 Å². The lowest BCUT2D eigenvalue weighted by Gasteiger charge is -2.30. The molecule has 108 valence electrons. The van der Waals surface area contributed by atoms with Crippen molar-refractivity contribution in [2.24, 2.45) is 5.92 Å². The standard InChI is InChI=1S/C16H29N3/c1-3-10-17-16(14-8-6-5-7-9-14)15-12-18-19(13-15)11-4-2/h12-14,16-17H,3-11H2,1-2H3. The lowest BCUT2D eigenvalue weighted by Crippen LogP contribution is -2.30. The molecule has 1 unspecified atom stereocenters. The van der Waals surface area contributed by atoms with Crippen LogP contribution in [0.3, 0.4) is 0 Å². The molecule has 0 saturated heterocycles. The summed E-state index contributed by atoms with van der Waals surface area (Å²) < 4.78 is 2.10. The lowest BCUT2D eigenvalue weighted by atomic mass is 9.82. The van der Waals surface area contributed by atoms with Crippen LogP contribution in [0, 0.1) is 5.92 Å². The van der Waals surface area contributed by atoms with E-state index in [0.717, 1.165) is 25.4 Å². The van der Waals surface area contributed by atoms with Gasteiger partial charge in [-0.2, -0.15) is 5.10 Å². The summed E-state index contributed by atoms with van der Waals surface area (Å²) in [5.74, 6) is 0.805. The van der Waals surface area contributed by atoms with E-state index in [9.17, 15) is 0 Å². The predicted octanol–water partition coefficient (Wildman–Crippen LogP) is 3.91. The molecule has 1 aromatic rings. The van der Waals surface area contributed by atoms with E-state index < -0.39 is 0 Å². The Balaban J connectivity index is 2.05. The highest BCUT2D eigenvalue weighted by Gasteiger charge is 2.25. The number of aromatic nitrogens is 2. The average Bonchev–Trinajstić information content (AvgIpc) is 2.89. The van der Waals surface area contributed by atoms with Gasteiger partial charge in [0.25, 0.3) is 0 Å². The molecule has 1 aliphatic rings. The first-order valence-corrected chi connectivity index (χ1v) is 8.10. The van der Waals surface area contributed by atoms with Gasteiger partial charge in [0.15, 0.2) is 0 Å². The van der Waals surface area contributed by atoms with Crippen LogP contribution in [0.2, 0.25) is 0 Å². The van der Waals surface area contributed by atoms with E-state index in [1.54, 1.807) is 0 Å². The Bertz CT molecular complexity index is 353. The molecule has 0 aromatic carbocycles. The van der Waals surface area contributed by atoms with Gasteiger partial charge in [0.05, 0.1) is 6.20 Å². The van der Waals surface area contributed by atoms with Crippen LogP contribution in [-0.2, 0) is 6.54 Å². The van der Waals surface area contributed by atoms with Crippen molar-refractivity contribution < 1.29 is 0 Å². The Morgan fingerprint density at radius 2 is 2.05 bits per heavy atom. The van der Waals surface area contributed by atoms with Crippen LogP contribution in [-0.4, -0.2) is 16.3 Å². The van der Waals surface area contributed by atoms with Crippen LogP contribution in [0.1, 0.15) is 70.4 Å². The number of rotatable bonds is 7. The van der Waals surface area contributed by atoms with E-state index in [-0.39, 0.29) is 0 Å². The first-order valence-electron chi connectivity index (χ1n) is 8.10. The van der Waals surface area contributed by atoms with Gasteiger partial charge in [-0.25, -0.2) is 0 Å². The zero-order valence-electron chi connectivity index (χ0n) is 12.6. The molecule has 0 bridgehead atoms. The first-order chi connectivity index (χ1) is 9.35. The number of nitrogens with one attached hydrogen (secondary N) is 1. The van der Waals surface area contributed by atoms with Gasteiger partial charge in [-0.05, 0) is 38.1 Å². The van der Waals surface area contributed by atoms with E-state index in [1.807, 2.05) is 0 Å². The molecule has 1 aromatic heterocycles. The van der Waals surface area contributed by atoms with Crippen molar-refractivity contribution in [3.63, 3.8) is 0 Å². The minimum absolute atomic E-state index is 0.519. The lowest BCUT2D eigenvalue weighted by molar-refractivity contribution is 0.272. The molecule has 2 rings (SSSR count). The summed E-state index contributed by atoms with van der Waals surface area (Å²) in [5, 5.41) is 8.26. The molecule has 0 aliphatic heterocycles. The molecule has 1 saturated carbocycles. The monoisotopic (exact) mass is 263 g/mol. The number of aryl methyl sites for hydroxylation is 1. The van der Waals surface area contributed by atoms with Crippen molar-refractivity contribution in [2.45, 2.75) is 71.4 Å². The molecule has 0 radical (unpaired) electrons. The largest absolute Gasteiger partial charge is 0.310 e. The van der Waals surface area contributed by atoms with Gasteiger partial charge in [0, 0.05) is 24.3 Å². The van der Waals surface area contributed by atoms with Crippen LogP contribution in [0.5, 0.6) is 0 Å². The summed E-state index contributed by atoms with van der Waals surface area (Å²) in [6.07, 6.45) is 13.7. The van der Waals surface area contributed by atoms with E-state index in [2.05, 4.69) is 41.3 Å². The SMILES string of the molecule is CCCNC(c1cnn(CCC)c1)C1CCCCC1. The van der Waals surface area contributed by atoms with Gasteiger partial charge in [0.1, 0.15) is 0 Å². The minimum atomic E-state index is 0.519. The molecule has 1 atom stereocenters. The van der Waals surface area contributed by atoms with Gasteiger partial charge < -0.3 is 5.32 Å². The van der Waals surface area contributed by atoms with E-state index in [1.165, 1.54) is 44.1 Å². The quantitative estimate of drug-likeness (QED) is 0.808. The summed E-state index contributed by atoms with van der Waals surface area (Å²) in [4.78, 5) is 0. The molecule has 3 heteroatoms. The van der Waals surface area contributed by atoms with E-state index >= 15 is 0 Å². The van der Waals surface area contributed by atoms with Crippen LogP contribution < -0.4 is 5.32 Å². The zero-order chi connectivity index (χ0) is 13.5. The molecule has 1 aliphatic carbocycles. The van der Waals surface area contributed by atoms with Crippen molar-refractivity contribution in [1.29, 1.82) is 0 Å². The van der Waals surface area contributed by atoms with Gasteiger partial charge in [-0.3, -0.25) is 4.68 Å². The topological polar surface area (TPSA) is 29.9 Å². The van der Waals surface area contributed by atoms with Crippen LogP contribution in [0.25, 0.3) is 0 Å². The summed E-state index contributed by atoms with van der Waals surface area (Å²) in [6, 6.07) is 0.519. The third kappa shape index (κ3) is 4.07. The van der Waals surface area contributed by atoms with Crippen LogP contribution >= 0.6 is 0 Å². The smallest absolute Gasteiger partial charge is 0.0537 e. The molecule has 19 heavy (non-hydrogen) atoms. The van der Waals surface area contributed by atoms with Gasteiger partial charge >= 0.3 is 0 Å². The minimum Gasteiger partial charge on any atom is -0.310 e. The Labute approximate surface area is 117 Å². The van der Waals surface area contributed by atoms with Crippen molar-refractivity contribution in [3.05, 3.63) is 18.0 Å². The van der Waals surface area contributed by atoms with Crippen molar-refractivity contribution in [2.75, 3.05) is 6.54 Å². The maximum Gasteiger partial charge on any atom is 0.0537 e. The maximum atomic E-state index is 4.51. The molecule has 1 fully saturated rings. The van der Waals surface area contributed by atoms with Crippen LogP contribution in [0.15, 0.2) is 12.4 Å². The fraction of sp³-hybridized carbons (Fsp3) is 0.812. The van der Waals surface area contributed by atoms with Crippen molar-refractivity contribution in [3.8, 4) is 0 Å². The van der Waals surface area contributed by atoms with Crippen molar-refractivity contribution >= 4 is 0 Å². The van der Waals surface area contributed by atoms with E-state index in [4.69, 9.17) is 0 Å². The Morgan fingerprint density at radius 3 is 2.74 bits per heavy atom. The fourth-order valence-corrected chi connectivity index (χ4v) is 3.22. The summed E-state index contributed by atoms with van der Waals surface area (Å²) in [5.41, 5.74) is 1.40. The highest BCUT2D eigenvalue weighted by molar-refractivity contribution is 5.12. The molecular weight excluding hydrogens is 234 g/mol. The number of hydrogen-bond acceptors (Lipinski definition) is 2. The number of hydrogen-bond donors (Lipinski definition) is 1. The molecular formula is C16H29N3. The first kappa shape index (κ1) is 14.6. The fourth-order valence-electron chi connectivity index (χ4n) is 3.22. The highest BCUT2D eigenvalue weighted by atomic mass is 15.3. The average molecular weight is 263 g/mol. The molecule has 1 N–H and O–H groups in total. The summed E-state index contributed by atoms with van der Waals surface area (Å²) in [7, 11) is 0. The second kappa shape index (κ2) is 7.68. The normalized spacial score (nSPS) is 18.6. The Morgan fingerprint density at radius 1 is 1.26 bits per heavy atom. The second-order valence-corrected chi connectivity index (χ2v) is 5.87. The predicted molar refractivity (Wildman–Crippen MR) is 80.1 cm³/mol. The molecule has 1 heterocycles. The summed E-state index contributed by atoms with van der Waals surface area (Å²) in [6.45, 7) is 6.59. The zero-order valence-corrected chi connectivity index (χ0v) is 12.6. The number of nitrogens with zero attached hydrogens (tertiary/aromatic N) is 2. The molecule has 0 amide bonds. The third-order valence-corrected chi connectivity index (χ3v) is 4.20. The van der Waals surface area contributed by atoms with Crippen molar-refractivity contribution in [1.82, 2.24) is 15.1 Å². The summed E-state index contributed by atoms with van der Waals surface area (Å²) >= 11 is 0. The molecule has 3 nitrogen and oxygen atoms in total. The van der Waals surface area contributed by atoms with Gasteiger partial charge in [-0.1, -0.05) is 33.1 Å². The highest BCUT2D eigenvalue weighted by Crippen LogP contribution is 2.34. The maximum absolute atomic E-state index is 4.51. The second-order valence-electron chi connectivity index (χ2n) is 5.87.